The first-order chi connectivity index (χ1) is 22.2. The van der Waals surface area contributed by atoms with E-state index < -0.39 is 5.97 Å². The van der Waals surface area contributed by atoms with Gasteiger partial charge in [0.15, 0.2) is 0 Å². The number of alkyl halides is 1. The highest BCUT2D eigenvalue weighted by atomic mass is 127. The number of terminal acetylenes is 2. The Bertz CT molecular complexity index is 1410. The lowest BCUT2D eigenvalue weighted by Crippen LogP contribution is -2.07. The second-order valence-corrected chi connectivity index (χ2v) is 12.9. The third-order valence-corrected chi connectivity index (χ3v) is 7.16. The number of carboxylic acids is 1. The fourth-order valence-electron chi connectivity index (χ4n) is 3.35. The minimum Gasteiger partial charge on any atom is -0.478 e. The smallest absolute Gasteiger partial charge is 0.337 e. The summed E-state index contributed by atoms with van der Waals surface area (Å²) in [5.74, 6) is 17.6. The van der Waals surface area contributed by atoms with E-state index >= 15 is 0 Å². The number of carboxylic acid groups (broad SMARTS) is 1. The standard InChI is InChI=1S/C15H12O2.C10H8Br2O2.C6H9Cl.C6H8.CH2I.7CH4/c16-15(17)14-10-8-13(9-11-14)5-2-1-4-12-6-3-7-12;1-14-10(13)8-4-2-7(3-5-8)6-9(11)12;1-2-3-4-5-6-7;1-2-6-4-3-5-6;1-2;;;;;;;/h8-12H,3,6-7H2,(H,16,17);2-6H,1H3;1H,3-6H2;1,6H,3-5H2;1H2;7*1H4/q;;;;-1;;;;;;;. The van der Waals surface area contributed by atoms with Crippen molar-refractivity contribution in [2.45, 2.75) is 110 Å². The van der Waals surface area contributed by atoms with Crippen LogP contribution in [0.15, 0.2) is 51.9 Å². The third-order valence-electron chi connectivity index (χ3n) is 6.44. The molecule has 4 rings (SSSR count). The van der Waals surface area contributed by atoms with E-state index in [1.165, 1.54) is 45.6 Å². The van der Waals surface area contributed by atoms with Gasteiger partial charge in [0.25, 0.3) is 0 Å². The molecule has 53 heavy (non-hydrogen) atoms. The maximum Gasteiger partial charge on any atom is 0.337 e. The van der Waals surface area contributed by atoms with Gasteiger partial charge < -0.3 is 32.4 Å². The summed E-state index contributed by atoms with van der Waals surface area (Å²) in [4.78, 5) is 24.9. The van der Waals surface area contributed by atoms with Crippen molar-refractivity contribution in [3.8, 4) is 48.4 Å². The molecule has 0 aliphatic heterocycles. The van der Waals surface area contributed by atoms with Crippen molar-refractivity contribution < 1.29 is 19.4 Å². The maximum atomic E-state index is 11.1. The molecule has 0 unspecified atom stereocenters. The summed E-state index contributed by atoms with van der Waals surface area (Å²) in [6.07, 6.45) is 22.5. The van der Waals surface area contributed by atoms with Gasteiger partial charge in [-0.3, -0.25) is 4.93 Å². The van der Waals surface area contributed by atoms with Gasteiger partial charge in [0.1, 0.15) is 0 Å². The molecule has 4 nitrogen and oxygen atoms in total. The molecule has 8 heteroatoms. The Hall–Kier alpha value is -2.66. The van der Waals surface area contributed by atoms with Crippen LogP contribution >= 0.6 is 66.1 Å². The first-order valence-corrected chi connectivity index (χ1v) is 18.2. The molecule has 2 fully saturated rings. The molecule has 0 spiro atoms. The van der Waals surface area contributed by atoms with Crippen LogP contribution in [0.25, 0.3) is 6.08 Å². The SMILES string of the molecule is C.C.C.C.C.C.C.C#CC1CCC1.C#CCCCCCl.COC(=O)c1ccc(C=C(Br)Br)cc1.O=C(O)c1ccc(C#CC#CC2CCC2)cc1.[CH2-]I. The first kappa shape index (κ1) is 68.4. The van der Waals surface area contributed by atoms with Gasteiger partial charge in [-0.05, 0) is 130 Å². The van der Waals surface area contributed by atoms with E-state index in [-0.39, 0.29) is 63.5 Å². The highest BCUT2D eigenvalue weighted by Gasteiger charge is 2.13. The average molecular weight is 994 g/mol. The molecule has 0 heterocycles. The number of carbonyl (C=O) groups is 2. The number of methoxy groups -OCH3 is 1. The van der Waals surface area contributed by atoms with Crippen LogP contribution in [-0.2, 0) is 4.74 Å². The highest BCUT2D eigenvalue weighted by molar-refractivity contribution is 14.1. The van der Waals surface area contributed by atoms with E-state index in [0.29, 0.717) is 17.4 Å². The normalized spacial score (nSPS) is 10.5. The summed E-state index contributed by atoms with van der Waals surface area (Å²) in [7, 11) is 1.37. The van der Waals surface area contributed by atoms with Crippen LogP contribution in [0.1, 0.15) is 142 Å². The summed E-state index contributed by atoms with van der Waals surface area (Å²) < 4.78 is 5.44. The van der Waals surface area contributed by atoms with E-state index in [1.807, 2.05) is 40.8 Å². The number of ether oxygens (including phenoxy) is 1. The molecule has 0 saturated heterocycles. The predicted molar refractivity (Wildman–Crippen MR) is 255 cm³/mol. The largest absolute Gasteiger partial charge is 0.478 e. The number of carbonyl (C=O) groups excluding carboxylic acids is 1. The second-order valence-electron chi connectivity index (χ2n) is 9.72. The van der Waals surface area contributed by atoms with E-state index in [0.717, 1.165) is 39.7 Å². The summed E-state index contributed by atoms with van der Waals surface area (Å²) in [6, 6.07) is 13.6. The fourth-order valence-corrected chi connectivity index (χ4v) is 4.06. The van der Waals surface area contributed by atoms with E-state index in [1.54, 1.807) is 36.4 Å². The van der Waals surface area contributed by atoms with Gasteiger partial charge in [-0.1, -0.05) is 88.8 Å². The highest BCUT2D eigenvalue weighted by Crippen LogP contribution is 2.25. The molecule has 0 bridgehead atoms. The molecule has 0 radical (unpaired) electrons. The Balaban J connectivity index is -0.0000000853. The molecule has 2 aliphatic carbocycles. The quantitative estimate of drug-likeness (QED) is 0.0782. The van der Waals surface area contributed by atoms with Crippen molar-refractivity contribution in [1.82, 2.24) is 0 Å². The van der Waals surface area contributed by atoms with E-state index in [2.05, 4.69) is 77.0 Å². The Kier molecular flexibility index (Phi) is 58.7. The minimum absolute atomic E-state index is 0. The number of halogens is 4. The van der Waals surface area contributed by atoms with Crippen LogP contribution < -0.4 is 0 Å². The zero-order chi connectivity index (χ0) is 34.6. The monoisotopic (exact) mass is 991 g/mol. The molecular formula is C45H67Br2ClIO4-. The third kappa shape index (κ3) is 34.8. The summed E-state index contributed by atoms with van der Waals surface area (Å²) in [6.45, 7) is 0. The molecule has 0 amide bonds. The van der Waals surface area contributed by atoms with Gasteiger partial charge >= 0.3 is 11.9 Å². The fraction of sp³-hybridized carbons (Fsp3) is 0.444. The molecule has 2 aromatic rings. The van der Waals surface area contributed by atoms with Crippen LogP contribution in [0.3, 0.4) is 0 Å². The number of esters is 1. The summed E-state index contributed by atoms with van der Waals surface area (Å²) in [5.41, 5.74) is 2.62. The number of aromatic carboxylic acids is 1. The van der Waals surface area contributed by atoms with E-state index in [4.69, 9.17) is 29.6 Å². The lowest BCUT2D eigenvalue weighted by Gasteiger charge is -2.18. The van der Waals surface area contributed by atoms with E-state index in [9.17, 15) is 9.59 Å². The number of hydrogen-bond acceptors (Lipinski definition) is 3. The summed E-state index contributed by atoms with van der Waals surface area (Å²) in [5, 5.41) is 8.73. The number of benzene rings is 2. The Morgan fingerprint density at radius 3 is 1.68 bits per heavy atom. The molecule has 1 N–H and O–H groups in total. The molecule has 0 aromatic heterocycles. The van der Waals surface area contributed by atoms with Crippen molar-refractivity contribution in [1.29, 1.82) is 0 Å². The molecular weight excluding hydrogens is 927 g/mol. The zero-order valence-electron chi connectivity index (χ0n) is 26.0. The topological polar surface area (TPSA) is 63.6 Å². The zero-order valence-corrected chi connectivity index (χ0v) is 32.1. The van der Waals surface area contributed by atoms with Crippen LogP contribution in [0.4, 0.5) is 0 Å². The summed E-state index contributed by atoms with van der Waals surface area (Å²) >= 11 is 13.8. The Morgan fingerprint density at radius 1 is 0.849 bits per heavy atom. The first-order valence-electron chi connectivity index (χ1n) is 14.5. The predicted octanol–water partition coefficient (Wildman–Crippen LogP) is 15.2. The van der Waals surface area contributed by atoms with Gasteiger partial charge in [0.2, 0.25) is 0 Å². The molecule has 300 valence electrons. The van der Waals surface area contributed by atoms with Crippen LogP contribution in [0.5, 0.6) is 0 Å². The number of rotatable bonds is 6. The van der Waals surface area contributed by atoms with Crippen molar-refractivity contribution in [3.63, 3.8) is 0 Å². The lowest BCUT2D eigenvalue weighted by molar-refractivity contribution is 0.0599. The average Bonchev–Trinajstić information content (AvgIpc) is 3.02. The minimum atomic E-state index is -0.922. The van der Waals surface area contributed by atoms with Gasteiger partial charge in [-0.15, -0.1) is 36.3 Å². The van der Waals surface area contributed by atoms with Gasteiger partial charge in [-0.2, -0.15) is 0 Å². The lowest BCUT2D eigenvalue weighted by atomic mass is 9.86. The maximum absolute atomic E-state index is 11.1. The van der Waals surface area contributed by atoms with Crippen LogP contribution in [0, 0.1) is 65.1 Å². The van der Waals surface area contributed by atoms with Crippen molar-refractivity contribution in [3.05, 3.63) is 79.1 Å². The Labute approximate surface area is 362 Å². The number of hydrogen-bond donors (Lipinski definition) is 1. The van der Waals surface area contributed by atoms with Gasteiger partial charge in [-0.25, -0.2) is 9.59 Å². The van der Waals surface area contributed by atoms with Crippen molar-refractivity contribution >= 4 is 84.1 Å². The van der Waals surface area contributed by atoms with Gasteiger partial charge in [0.05, 0.1) is 21.6 Å². The molecule has 2 aliphatic rings. The molecule has 2 aromatic carbocycles. The Morgan fingerprint density at radius 2 is 1.34 bits per heavy atom. The van der Waals surface area contributed by atoms with Crippen LogP contribution in [-0.4, -0.2) is 30.0 Å². The van der Waals surface area contributed by atoms with Crippen molar-refractivity contribution in [2.24, 2.45) is 11.8 Å². The van der Waals surface area contributed by atoms with Crippen molar-refractivity contribution in [2.75, 3.05) is 13.0 Å². The molecule has 2 saturated carbocycles. The molecule has 0 atom stereocenters. The second kappa shape index (κ2) is 45.5. The van der Waals surface area contributed by atoms with Gasteiger partial charge in [0, 0.05) is 29.7 Å². The number of unbranched alkanes of at least 4 members (excludes halogenated alkanes) is 2. The van der Waals surface area contributed by atoms with Crippen LogP contribution in [0.2, 0.25) is 0 Å².